The van der Waals surface area contributed by atoms with Crippen molar-refractivity contribution in [3.05, 3.63) is 29.3 Å². The second-order valence-corrected chi connectivity index (χ2v) is 5.04. The minimum atomic E-state index is -0.605. The van der Waals surface area contributed by atoms with Gasteiger partial charge in [-0.3, -0.25) is 9.59 Å². The molecule has 5 heteroatoms. The number of nitrogens with one attached hydrogen (secondary N) is 1. The summed E-state index contributed by atoms with van der Waals surface area (Å²) < 4.78 is 0. The molecular weight excluding hydrogens is 260 g/mol. The third-order valence-corrected chi connectivity index (χ3v) is 3.15. The van der Waals surface area contributed by atoms with Crippen LogP contribution < -0.4 is 10.2 Å². The van der Waals surface area contributed by atoms with E-state index >= 15 is 0 Å². The highest BCUT2D eigenvalue weighted by Gasteiger charge is 2.22. The first-order valence-corrected chi connectivity index (χ1v) is 6.72. The van der Waals surface area contributed by atoms with Crippen molar-refractivity contribution in [2.24, 2.45) is 0 Å². The monoisotopic (exact) mass is 280 g/mol. The van der Waals surface area contributed by atoms with Crippen LogP contribution in [0.25, 0.3) is 0 Å². The molecule has 1 aromatic rings. The Labute approximate surface area is 119 Å². The number of aryl methyl sites for hydroxylation is 2. The van der Waals surface area contributed by atoms with Gasteiger partial charge in [-0.1, -0.05) is 6.07 Å². The number of carbonyl (C=O) groups excluding carboxylic acids is 2. The molecular formula is C14H20N2O2S. The topological polar surface area (TPSA) is 49.4 Å². The molecule has 0 aliphatic rings. The van der Waals surface area contributed by atoms with Crippen LogP contribution in [0, 0.1) is 13.8 Å². The summed E-state index contributed by atoms with van der Waals surface area (Å²) in [5.41, 5.74) is 3.01. The molecule has 2 amide bonds. The molecule has 0 aliphatic carbocycles. The number of rotatable bonds is 4. The number of nitrogens with zero attached hydrogens (tertiary/aromatic N) is 1. The van der Waals surface area contributed by atoms with Crippen LogP contribution in [0.3, 0.4) is 0 Å². The van der Waals surface area contributed by atoms with E-state index in [2.05, 4.69) is 17.9 Å². The van der Waals surface area contributed by atoms with Crippen LogP contribution in [-0.4, -0.2) is 30.7 Å². The molecule has 0 aliphatic heterocycles. The minimum absolute atomic E-state index is 0.171. The Morgan fingerprint density at radius 1 is 1.26 bits per heavy atom. The van der Waals surface area contributed by atoms with Gasteiger partial charge in [0.1, 0.15) is 6.04 Å². The maximum Gasteiger partial charge on any atom is 0.250 e. The van der Waals surface area contributed by atoms with Crippen molar-refractivity contribution in [1.82, 2.24) is 5.32 Å². The lowest BCUT2D eigenvalue weighted by molar-refractivity contribution is -0.125. The first-order valence-electron chi connectivity index (χ1n) is 6.09. The molecule has 0 spiro atoms. The van der Waals surface area contributed by atoms with Crippen molar-refractivity contribution in [2.75, 3.05) is 17.7 Å². The van der Waals surface area contributed by atoms with Crippen molar-refractivity contribution >= 4 is 30.1 Å². The van der Waals surface area contributed by atoms with Crippen LogP contribution in [0.2, 0.25) is 0 Å². The highest BCUT2D eigenvalue weighted by Crippen LogP contribution is 2.18. The maximum absolute atomic E-state index is 12.3. The molecule has 104 valence electrons. The molecule has 19 heavy (non-hydrogen) atoms. The number of amides is 2. The fourth-order valence-electron chi connectivity index (χ4n) is 1.94. The molecule has 1 rings (SSSR count). The van der Waals surface area contributed by atoms with Gasteiger partial charge in [0, 0.05) is 25.4 Å². The van der Waals surface area contributed by atoms with Crippen LogP contribution in [0.15, 0.2) is 18.2 Å². The average molecular weight is 280 g/mol. The second-order valence-electron chi connectivity index (χ2n) is 4.68. The molecule has 1 atom stereocenters. The highest BCUT2D eigenvalue weighted by atomic mass is 32.1. The predicted octanol–water partition coefficient (Wildman–Crippen LogP) is 1.70. The van der Waals surface area contributed by atoms with Gasteiger partial charge in [0.15, 0.2) is 0 Å². The van der Waals surface area contributed by atoms with E-state index in [4.69, 9.17) is 0 Å². The third-order valence-electron chi connectivity index (χ3n) is 2.78. The summed E-state index contributed by atoms with van der Waals surface area (Å²) in [6.45, 7) is 5.36. The van der Waals surface area contributed by atoms with Gasteiger partial charge in [-0.15, -0.1) is 0 Å². The fourth-order valence-corrected chi connectivity index (χ4v) is 2.18. The smallest absolute Gasteiger partial charge is 0.250 e. The molecule has 0 radical (unpaired) electrons. The largest absolute Gasteiger partial charge is 0.344 e. The molecule has 0 bridgehead atoms. The normalized spacial score (nSPS) is 11.8. The van der Waals surface area contributed by atoms with Gasteiger partial charge in [-0.05, 0) is 37.1 Å². The quantitative estimate of drug-likeness (QED) is 0.825. The fraction of sp³-hybridized carbons (Fsp3) is 0.429. The van der Waals surface area contributed by atoms with Crippen molar-refractivity contribution < 1.29 is 9.59 Å². The zero-order chi connectivity index (χ0) is 14.6. The van der Waals surface area contributed by atoms with Gasteiger partial charge in [0.25, 0.3) is 0 Å². The summed E-state index contributed by atoms with van der Waals surface area (Å²) in [5, 5.41) is 2.60. The molecule has 0 saturated carbocycles. The molecule has 1 unspecified atom stereocenters. The molecule has 0 aromatic heterocycles. The average Bonchev–Trinajstić information content (AvgIpc) is 2.32. The van der Waals surface area contributed by atoms with Crippen molar-refractivity contribution in [1.29, 1.82) is 0 Å². The summed E-state index contributed by atoms with van der Waals surface area (Å²) >= 11 is 4.11. The van der Waals surface area contributed by atoms with Gasteiger partial charge in [-0.25, -0.2) is 0 Å². The molecule has 0 saturated heterocycles. The Morgan fingerprint density at radius 2 is 1.79 bits per heavy atom. The Kier molecular flexibility index (Phi) is 5.42. The zero-order valence-corrected chi connectivity index (χ0v) is 12.6. The summed E-state index contributed by atoms with van der Waals surface area (Å²) in [6, 6.07) is 5.32. The van der Waals surface area contributed by atoms with Crippen LogP contribution in [0.5, 0.6) is 0 Å². The van der Waals surface area contributed by atoms with Crippen LogP contribution in [0.1, 0.15) is 18.1 Å². The lowest BCUT2D eigenvalue weighted by Gasteiger charge is -2.24. The maximum atomic E-state index is 12.3. The Balaban J connectivity index is 2.94. The molecule has 4 nitrogen and oxygen atoms in total. The Morgan fingerprint density at radius 3 is 2.21 bits per heavy atom. The van der Waals surface area contributed by atoms with E-state index in [0.717, 1.165) is 16.8 Å². The Bertz CT molecular complexity index is 468. The van der Waals surface area contributed by atoms with Crippen molar-refractivity contribution in [3.8, 4) is 0 Å². The zero-order valence-electron chi connectivity index (χ0n) is 11.7. The standard InChI is InChI=1S/C14H20N2O2S/c1-9-5-10(2)7-12(6-9)16(4)14(18)13(8-19)15-11(3)17/h5-7,13,19H,8H2,1-4H3,(H,15,17). The summed E-state index contributed by atoms with van der Waals surface area (Å²) in [7, 11) is 1.70. The SMILES string of the molecule is CC(=O)NC(CS)C(=O)N(C)c1cc(C)cc(C)c1. The lowest BCUT2D eigenvalue weighted by atomic mass is 10.1. The van der Waals surface area contributed by atoms with Crippen molar-refractivity contribution in [2.45, 2.75) is 26.8 Å². The molecule has 0 fully saturated rings. The summed E-state index contributed by atoms with van der Waals surface area (Å²) in [6.07, 6.45) is 0. The first kappa shape index (κ1) is 15.6. The van der Waals surface area contributed by atoms with E-state index in [9.17, 15) is 9.59 Å². The number of hydrogen-bond acceptors (Lipinski definition) is 3. The van der Waals surface area contributed by atoms with Gasteiger partial charge in [-0.2, -0.15) is 12.6 Å². The summed E-state index contributed by atoms with van der Waals surface area (Å²) in [5.74, 6) is -0.135. The number of hydrogen-bond donors (Lipinski definition) is 2. The molecule has 0 heterocycles. The van der Waals surface area contributed by atoms with Crippen LogP contribution in [0.4, 0.5) is 5.69 Å². The van der Waals surface area contributed by atoms with Gasteiger partial charge in [0.2, 0.25) is 11.8 Å². The van der Waals surface area contributed by atoms with E-state index in [1.165, 1.54) is 6.92 Å². The second kappa shape index (κ2) is 6.61. The van der Waals surface area contributed by atoms with Gasteiger partial charge in [0.05, 0.1) is 0 Å². The van der Waals surface area contributed by atoms with Crippen molar-refractivity contribution in [3.63, 3.8) is 0 Å². The number of anilines is 1. The minimum Gasteiger partial charge on any atom is -0.344 e. The first-order chi connectivity index (χ1) is 8.85. The van der Waals surface area contributed by atoms with E-state index in [1.807, 2.05) is 32.0 Å². The highest BCUT2D eigenvalue weighted by molar-refractivity contribution is 7.80. The summed E-state index contributed by atoms with van der Waals surface area (Å²) in [4.78, 5) is 24.9. The van der Waals surface area contributed by atoms with E-state index < -0.39 is 6.04 Å². The predicted molar refractivity (Wildman–Crippen MR) is 80.8 cm³/mol. The molecule has 1 aromatic carbocycles. The Hall–Kier alpha value is -1.49. The van der Waals surface area contributed by atoms with Crippen LogP contribution >= 0.6 is 12.6 Å². The van der Waals surface area contributed by atoms with Gasteiger partial charge < -0.3 is 10.2 Å². The van der Waals surface area contributed by atoms with E-state index in [1.54, 1.807) is 11.9 Å². The van der Waals surface area contributed by atoms with E-state index in [-0.39, 0.29) is 17.6 Å². The number of carbonyl (C=O) groups is 2. The lowest BCUT2D eigenvalue weighted by Crippen LogP contribution is -2.48. The molecule has 1 N–H and O–H groups in total. The van der Waals surface area contributed by atoms with Gasteiger partial charge >= 0.3 is 0 Å². The number of thiol groups is 1. The van der Waals surface area contributed by atoms with E-state index in [0.29, 0.717) is 0 Å². The number of likely N-dealkylation sites (N-methyl/N-ethyl adjacent to an activating group) is 1. The third kappa shape index (κ3) is 4.28. The number of benzene rings is 1. The van der Waals surface area contributed by atoms with Crippen LogP contribution in [-0.2, 0) is 9.59 Å².